The fourth-order valence-corrected chi connectivity index (χ4v) is 6.00. The number of nitrogens with zero attached hydrogens (tertiary/aromatic N) is 2. The van der Waals surface area contributed by atoms with E-state index in [4.69, 9.17) is 8.83 Å². The SMILES string of the molecule is Cc1ccc(-c2[c-]cccc2)nc1.Cc1cnc(-c2[c-]cccc2)cc1-c1cc2oc3ccccc3c2c2c1oc1ccccc12.[Ir]. The van der Waals surface area contributed by atoms with Gasteiger partial charge in [0.15, 0.2) is 0 Å². The summed E-state index contributed by atoms with van der Waals surface area (Å²) in [6, 6.07) is 46.9. The number of hydrogen-bond acceptors (Lipinski definition) is 4. The Labute approximate surface area is 286 Å². The molecule has 4 nitrogen and oxygen atoms in total. The standard InChI is InChI=1S/C30H18NO2.C12H10N.Ir/c1-18-17-31-24(19-9-3-2-4-10-19)15-22(18)23-16-27-28(20-11-5-7-13-25(20)32-27)29-21-12-6-8-14-26(21)33-30(23)29;1-10-7-8-12(13-9-10)11-5-3-2-4-6-11;/h2-9,11-17H,1H3;2-5,7-9H,1H3;/q2*-1;. The van der Waals surface area contributed by atoms with Crippen LogP contribution in [0.3, 0.4) is 0 Å². The third-order valence-corrected chi connectivity index (χ3v) is 8.26. The summed E-state index contributed by atoms with van der Waals surface area (Å²) >= 11 is 0. The van der Waals surface area contributed by atoms with Gasteiger partial charge in [0.25, 0.3) is 0 Å². The second-order valence-electron chi connectivity index (χ2n) is 11.4. The van der Waals surface area contributed by atoms with E-state index in [1.807, 2.05) is 98.2 Å². The molecule has 0 spiro atoms. The Morgan fingerprint density at radius 2 is 1.15 bits per heavy atom. The van der Waals surface area contributed by atoms with Gasteiger partial charge in [0, 0.05) is 59.6 Å². The molecule has 0 aliphatic carbocycles. The molecule has 9 rings (SSSR count). The Balaban J connectivity index is 0.000000212. The van der Waals surface area contributed by atoms with E-state index < -0.39 is 0 Å². The first-order valence-corrected chi connectivity index (χ1v) is 15.2. The van der Waals surface area contributed by atoms with E-state index in [1.165, 1.54) is 5.56 Å². The number of aryl methyl sites for hydroxylation is 2. The Hall–Kier alpha value is -5.35. The van der Waals surface area contributed by atoms with Crippen LogP contribution in [0.2, 0.25) is 0 Å². The third-order valence-electron chi connectivity index (χ3n) is 8.26. The first-order valence-electron chi connectivity index (χ1n) is 15.2. The van der Waals surface area contributed by atoms with E-state index in [2.05, 4.69) is 71.5 Å². The summed E-state index contributed by atoms with van der Waals surface area (Å²) in [6.07, 6.45) is 3.79. The number of furan rings is 2. The summed E-state index contributed by atoms with van der Waals surface area (Å²) in [7, 11) is 0. The van der Waals surface area contributed by atoms with Crippen molar-refractivity contribution in [2.75, 3.05) is 0 Å². The van der Waals surface area contributed by atoms with Crippen LogP contribution in [0.15, 0.2) is 143 Å². The summed E-state index contributed by atoms with van der Waals surface area (Å²) in [5.41, 5.74) is 11.7. The minimum absolute atomic E-state index is 0. The van der Waals surface area contributed by atoms with Gasteiger partial charge in [0.1, 0.15) is 22.3 Å². The Kier molecular flexibility index (Phi) is 8.26. The molecule has 0 bridgehead atoms. The number of benzene rings is 5. The van der Waals surface area contributed by atoms with E-state index in [9.17, 15) is 0 Å². The van der Waals surface area contributed by atoms with Crippen LogP contribution in [0.25, 0.3) is 77.5 Å². The van der Waals surface area contributed by atoms with Crippen LogP contribution in [-0.2, 0) is 20.1 Å². The van der Waals surface area contributed by atoms with Gasteiger partial charge in [-0.1, -0.05) is 54.6 Å². The fourth-order valence-electron chi connectivity index (χ4n) is 6.00. The van der Waals surface area contributed by atoms with Gasteiger partial charge in [-0.15, -0.1) is 71.8 Å². The molecule has 229 valence electrons. The maximum absolute atomic E-state index is 6.50. The van der Waals surface area contributed by atoms with Gasteiger partial charge in [-0.05, 0) is 60.1 Å². The average Bonchev–Trinajstić information content (AvgIpc) is 3.68. The molecule has 0 unspecified atom stereocenters. The zero-order valence-electron chi connectivity index (χ0n) is 25.7. The van der Waals surface area contributed by atoms with Crippen molar-refractivity contribution in [3.05, 3.63) is 157 Å². The molecule has 9 aromatic rings. The van der Waals surface area contributed by atoms with Gasteiger partial charge in [-0.3, -0.25) is 0 Å². The molecule has 0 aliphatic heterocycles. The molecule has 5 aromatic carbocycles. The molecular weight excluding hydrogens is 757 g/mol. The summed E-state index contributed by atoms with van der Waals surface area (Å²) in [5.74, 6) is 0. The van der Waals surface area contributed by atoms with Crippen molar-refractivity contribution < 1.29 is 28.9 Å². The molecule has 4 aromatic heterocycles. The van der Waals surface area contributed by atoms with E-state index in [-0.39, 0.29) is 20.1 Å². The molecular formula is C42H28IrN2O2-2. The van der Waals surface area contributed by atoms with Gasteiger partial charge < -0.3 is 18.8 Å². The van der Waals surface area contributed by atoms with E-state index in [0.29, 0.717) is 0 Å². The second-order valence-corrected chi connectivity index (χ2v) is 11.4. The Morgan fingerprint density at radius 3 is 1.81 bits per heavy atom. The van der Waals surface area contributed by atoms with Crippen LogP contribution in [0.1, 0.15) is 11.1 Å². The minimum atomic E-state index is 0. The zero-order valence-corrected chi connectivity index (χ0v) is 28.1. The van der Waals surface area contributed by atoms with Gasteiger partial charge in [0.2, 0.25) is 0 Å². The molecule has 0 saturated carbocycles. The number of rotatable bonds is 3. The smallest absolute Gasteiger partial charge is 0.144 e. The summed E-state index contributed by atoms with van der Waals surface area (Å²) in [4.78, 5) is 8.99. The average molecular weight is 785 g/mol. The molecule has 0 fully saturated rings. The maximum atomic E-state index is 6.50. The van der Waals surface area contributed by atoms with Crippen LogP contribution in [0.4, 0.5) is 0 Å². The largest absolute Gasteiger partial charge is 0.456 e. The van der Waals surface area contributed by atoms with Gasteiger partial charge >= 0.3 is 0 Å². The topological polar surface area (TPSA) is 52.1 Å². The predicted octanol–water partition coefficient (Wildman–Crippen LogP) is 11.2. The fraction of sp³-hybridized carbons (Fsp3) is 0.0476. The Morgan fingerprint density at radius 1 is 0.532 bits per heavy atom. The van der Waals surface area contributed by atoms with Crippen LogP contribution >= 0.6 is 0 Å². The first kappa shape index (κ1) is 30.3. The summed E-state index contributed by atoms with van der Waals surface area (Å²) < 4.78 is 12.8. The summed E-state index contributed by atoms with van der Waals surface area (Å²) in [5, 5.41) is 4.38. The molecule has 4 heterocycles. The van der Waals surface area contributed by atoms with Crippen molar-refractivity contribution in [1.82, 2.24) is 9.97 Å². The number of fused-ring (bicyclic) bond motifs is 7. The molecule has 0 saturated heterocycles. The zero-order chi connectivity index (χ0) is 31.0. The monoisotopic (exact) mass is 785 g/mol. The number of aromatic nitrogens is 2. The molecule has 47 heavy (non-hydrogen) atoms. The van der Waals surface area contributed by atoms with Crippen molar-refractivity contribution in [3.8, 4) is 33.6 Å². The van der Waals surface area contributed by atoms with Gasteiger partial charge in [-0.25, -0.2) is 0 Å². The van der Waals surface area contributed by atoms with Gasteiger partial charge in [-0.2, -0.15) is 0 Å². The van der Waals surface area contributed by atoms with E-state index in [1.54, 1.807) is 0 Å². The predicted molar refractivity (Wildman–Crippen MR) is 186 cm³/mol. The molecule has 5 heteroatoms. The van der Waals surface area contributed by atoms with Crippen molar-refractivity contribution in [2.45, 2.75) is 13.8 Å². The van der Waals surface area contributed by atoms with E-state index in [0.717, 1.165) is 83.1 Å². The van der Waals surface area contributed by atoms with Crippen molar-refractivity contribution in [3.63, 3.8) is 0 Å². The number of para-hydroxylation sites is 2. The molecule has 0 aliphatic rings. The number of pyridine rings is 2. The normalized spacial score (nSPS) is 11.0. The van der Waals surface area contributed by atoms with Crippen LogP contribution in [0, 0.1) is 26.0 Å². The maximum Gasteiger partial charge on any atom is 0.144 e. The van der Waals surface area contributed by atoms with Crippen LogP contribution in [0.5, 0.6) is 0 Å². The van der Waals surface area contributed by atoms with Crippen LogP contribution < -0.4 is 0 Å². The molecule has 0 amide bonds. The van der Waals surface area contributed by atoms with Crippen LogP contribution in [-0.4, -0.2) is 9.97 Å². The summed E-state index contributed by atoms with van der Waals surface area (Å²) in [6.45, 7) is 4.11. The van der Waals surface area contributed by atoms with E-state index >= 15 is 0 Å². The molecule has 0 atom stereocenters. The number of hydrogen-bond donors (Lipinski definition) is 0. The van der Waals surface area contributed by atoms with Crippen molar-refractivity contribution in [1.29, 1.82) is 0 Å². The first-order chi connectivity index (χ1) is 22.6. The van der Waals surface area contributed by atoms with Crippen molar-refractivity contribution >= 4 is 43.9 Å². The van der Waals surface area contributed by atoms with Crippen molar-refractivity contribution in [2.24, 2.45) is 0 Å². The Bertz CT molecular complexity index is 2480. The molecule has 0 N–H and O–H groups in total. The van der Waals surface area contributed by atoms with Gasteiger partial charge in [0.05, 0.1) is 0 Å². The minimum Gasteiger partial charge on any atom is -0.456 e. The molecule has 1 radical (unpaired) electrons. The quantitative estimate of drug-likeness (QED) is 0.167. The second kappa shape index (κ2) is 12.8. The third kappa shape index (κ3) is 5.65.